The Bertz CT molecular complexity index is 299. The van der Waals surface area contributed by atoms with E-state index >= 15 is 0 Å². The average molecular weight is 204 g/mol. The van der Waals surface area contributed by atoms with Crippen LogP contribution in [0.2, 0.25) is 10.4 Å². The van der Waals surface area contributed by atoms with Gasteiger partial charge in [-0.25, -0.2) is 9.97 Å². The highest BCUT2D eigenvalue weighted by molar-refractivity contribution is 6.33. The molecule has 0 bridgehead atoms. The van der Waals surface area contributed by atoms with E-state index in [0.29, 0.717) is 11.2 Å². The van der Waals surface area contributed by atoms with Crippen molar-refractivity contribution in [3.8, 4) is 0 Å². The zero-order valence-corrected chi connectivity index (χ0v) is 7.73. The van der Waals surface area contributed by atoms with Crippen molar-refractivity contribution >= 4 is 28.9 Å². The molecule has 1 heterocycles. The Morgan fingerprint density at radius 2 is 2.17 bits per heavy atom. The summed E-state index contributed by atoms with van der Waals surface area (Å²) in [5.41, 5.74) is 0.767. The van der Waals surface area contributed by atoms with Gasteiger partial charge in [0.15, 0.2) is 5.15 Å². The van der Waals surface area contributed by atoms with E-state index in [0.717, 1.165) is 5.69 Å². The summed E-state index contributed by atoms with van der Waals surface area (Å²) in [4.78, 5) is 7.64. The Morgan fingerprint density at radius 3 is 2.75 bits per heavy atom. The molecule has 0 atom stereocenters. The van der Waals surface area contributed by atoms with E-state index in [9.17, 15) is 0 Å². The van der Waals surface area contributed by atoms with Gasteiger partial charge < -0.3 is 5.32 Å². The maximum absolute atomic E-state index is 5.80. The van der Waals surface area contributed by atoms with Crippen LogP contribution in [-0.4, -0.2) is 16.0 Å². The Balaban J connectivity index is 2.18. The molecule has 1 aliphatic carbocycles. The van der Waals surface area contributed by atoms with Crippen LogP contribution in [0.3, 0.4) is 0 Å². The van der Waals surface area contributed by atoms with E-state index in [2.05, 4.69) is 15.3 Å². The molecule has 0 aromatic carbocycles. The first kappa shape index (κ1) is 8.08. The Labute approximate surface area is 80.1 Å². The van der Waals surface area contributed by atoms with Crippen molar-refractivity contribution in [2.75, 3.05) is 5.32 Å². The molecule has 1 fully saturated rings. The van der Waals surface area contributed by atoms with Crippen LogP contribution in [0.5, 0.6) is 0 Å². The SMILES string of the molecule is Clc1ncc(NC2CC2)c(Cl)n1. The molecule has 1 saturated carbocycles. The fourth-order valence-electron chi connectivity index (χ4n) is 0.886. The van der Waals surface area contributed by atoms with Gasteiger partial charge in [0.1, 0.15) is 0 Å². The second-order valence-corrected chi connectivity index (χ2v) is 3.46. The quantitative estimate of drug-likeness (QED) is 0.593. The molecule has 1 aliphatic rings. The van der Waals surface area contributed by atoms with Gasteiger partial charge in [-0.05, 0) is 24.4 Å². The Kier molecular flexibility index (Phi) is 2.07. The second-order valence-electron chi connectivity index (χ2n) is 2.76. The third-order valence-electron chi connectivity index (χ3n) is 1.65. The van der Waals surface area contributed by atoms with Crippen LogP contribution in [-0.2, 0) is 0 Å². The molecule has 0 spiro atoms. The molecule has 0 radical (unpaired) electrons. The van der Waals surface area contributed by atoms with Crippen molar-refractivity contribution in [3.63, 3.8) is 0 Å². The topological polar surface area (TPSA) is 37.8 Å². The number of hydrogen-bond donors (Lipinski definition) is 1. The van der Waals surface area contributed by atoms with Gasteiger partial charge in [-0.3, -0.25) is 0 Å². The van der Waals surface area contributed by atoms with Crippen molar-refractivity contribution in [2.45, 2.75) is 18.9 Å². The minimum Gasteiger partial charge on any atom is -0.379 e. The molecule has 0 aliphatic heterocycles. The van der Waals surface area contributed by atoms with E-state index in [4.69, 9.17) is 23.2 Å². The standard InChI is InChI=1S/C7H7Cl2N3/c8-6-5(11-4-1-2-4)3-10-7(9)12-6/h3-4,11H,1-2H2. The lowest BCUT2D eigenvalue weighted by molar-refractivity contribution is 1.10. The minimum absolute atomic E-state index is 0.182. The van der Waals surface area contributed by atoms with E-state index in [1.54, 1.807) is 6.20 Å². The molecule has 2 rings (SSSR count). The lowest BCUT2D eigenvalue weighted by Gasteiger charge is -2.04. The van der Waals surface area contributed by atoms with Crippen molar-refractivity contribution in [2.24, 2.45) is 0 Å². The molecule has 5 heteroatoms. The lowest BCUT2D eigenvalue weighted by Crippen LogP contribution is -2.02. The van der Waals surface area contributed by atoms with Crippen LogP contribution in [0.4, 0.5) is 5.69 Å². The second kappa shape index (κ2) is 3.07. The van der Waals surface area contributed by atoms with Gasteiger partial charge in [-0.15, -0.1) is 0 Å². The fourth-order valence-corrected chi connectivity index (χ4v) is 1.25. The molecule has 3 nitrogen and oxygen atoms in total. The van der Waals surface area contributed by atoms with Crippen molar-refractivity contribution < 1.29 is 0 Å². The van der Waals surface area contributed by atoms with E-state index in [-0.39, 0.29) is 5.28 Å². The third kappa shape index (κ3) is 1.79. The van der Waals surface area contributed by atoms with Gasteiger partial charge in [0.2, 0.25) is 5.28 Å². The van der Waals surface area contributed by atoms with E-state index in [1.165, 1.54) is 12.8 Å². The van der Waals surface area contributed by atoms with Gasteiger partial charge in [0.25, 0.3) is 0 Å². The highest BCUT2D eigenvalue weighted by Crippen LogP contribution is 2.27. The Hall–Kier alpha value is -0.540. The number of nitrogens with zero attached hydrogens (tertiary/aromatic N) is 2. The van der Waals surface area contributed by atoms with Gasteiger partial charge in [-0.2, -0.15) is 0 Å². The first-order chi connectivity index (χ1) is 5.75. The first-order valence-electron chi connectivity index (χ1n) is 3.70. The van der Waals surface area contributed by atoms with Gasteiger partial charge in [-0.1, -0.05) is 11.6 Å². The van der Waals surface area contributed by atoms with Crippen LogP contribution >= 0.6 is 23.2 Å². The molecule has 12 heavy (non-hydrogen) atoms. The number of aromatic nitrogens is 2. The number of nitrogens with one attached hydrogen (secondary N) is 1. The summed E-state index contributed by atoms with van der Waals surface area (Å²) >= 11 is 11.3. The van der Waals surface area contributed by atoms with Crippen LogP contribution < -0.4 is 5.32 Å². The summed E-state index contributed by atoms with van der Waals surface area (Å²) in [6, 6.07) is 0.548. The smallest absolute Gasteiger partial charge is 0.223 e. The highest BCUT2D eigenvalue weighted by Gasteiger charge is 2.22. The molecule has 1 aromatic heterocycles. The lowest BCUT2D eigenvalue weighted by atomic mass is 10.5. The normalized spacial score (nSPS) is 16.2. The number of halogens is 2. The van der Waals surface area contributed by atoms with Crippen molar-refractivity contribution in [1.82, 2.24) is 9.97 Å². The summed E-state index contributed by atoms with van der Waals surface area (Å²) in [6.07, 6.45) is 3.99. The molecule has 1 N–H and O–H groups in total. The van der Waals surface area contributed by atoms with Crippen molar-refractivity contribution in [1.29, 1.82) is 0 Å². The Morgan fingerprint density at radius 1 is 1.42 bits per heavy atom. The maximum atomic E-state index is 5.80. The summed E-state index contributed by atoms with van der Waals surface area (Å²) in [5.74, 6) is 0. The summed E-state index contributed by atoms with van der Waals surface area (Å²) in [6.45, 7) is 0. The molecule has 1 aromatic rings. The van der Waals surface area contributed by atoms with Crippen LogP contribution in [0.25, 0.3) is 0 Å². The summed E-state index contributed by atoms with van der Waals surface area (Å²) < 4.78 is 0. The van der Waals surface area contributed by atoms with E-state index < -0.39 is 0 Å². The summed E-state index contributed by atoms with van der Waals surface area (Å²) in [5, 5.41) is 3.77. The van der Waals surface area contributed by atoms with Crippen LogP contribution in [0.15, 0.2) is 6.20 Å². The number of hydrogen-bond acceptors (Lipinski definition) is 3. The van der Waals surface area contributed by atoms with E-state index in [1.807, 2.05) is 0 Å². The van der Waals surface area contributed by atoms with Crippen LogP contribution in [0.1, 0.15) is 12.8 Å². The molecule has 0 saturated heterocycles. The molecule has 64 valence electrons. The van der Waals surface area contributed by atoms with Crippen molar-refractivity contribution in [3.05, 3.63) is 16.6 Å². The largest absolute Gasteiger partial charge is 0.379 e. The van der Waals surface area contributed by atoms with Gasteiger partial charge >= 0.3 is 0 Å². The molecular formula is C7H7Cl2N3. The summed E-state index contributed by atoms with van der Waals surface area (Å²) in [7, 11) is 0. The van der Waals surface area contributed by atoms with Gasteiger partial charge in [0.05, 0.1) is 11.9 Å². The minimum atomic E-state index is 0.182. The molecule has 0 amide bonds. The zero-order valence-electron chi connectivity index (χ0n) is 6.22. The fraction of sp³-hybridized carbons (Fsp3) is 0.429. The maximum Gasteiger partial charge on any atom is 0.223 e. The number of rotatable bonds is 2. The van der Waals surface area contributed by atoms with Gasteiger partial charge in [0, 0.05) is 6.04 Å². The average Bonchev–Trinajstić information content (AvgIpc) is 2.79. The first-order valence-corrected chi connectivity index (χ1v) is 4.46. The predicted octanol–water partition coefficient (Wildman–Crippen LogP) is 2.36. The zero-order chi connectivity index (χ0) is 8.55. The number of anilines is 1. The monoisotopic (exact) mass is 203 g/mol. The highest BCUT2D eigenvalue weighted by atomic mass is 35.5. The molecular weight excluding hydrogens is 197 g/mol. The van der Waals surface area contributed by atoms with Crippen LogP contribution in [0, 0.1) is 0 Å². The molecule has 0 unspecified atom stereocenters. The third-order valence-corrected chi connectivity index (χ3v) is 2.12. The predicted molar refractivity (Wildman–Crippen MR) is 48.7 cm³/mol.